The van der Waals surface area contributed by atoms with Crippen molar-refractivity contribution in [2.24, 2.45) is 0 Å². The third-order valence-corrected chi connectivity index (χ3v) is 3.81. The number of nitrogens with one attached hydrogen (secondary N) is 1. The molecular formula is C17H20ClN3O2. The van der Waals surface area contributed by atoms with Crippen LogP contribution < -0.4 is 15.0 Å². The normalized spacial score (nSPS) is 10.3. The van der Waals surface area contributed by atoms with Gasteiger partial charge < -0.3 is 15.0 Å². The first kappa shape index (κ1) is 17.1. The Morgan fingerprint density at radius 1 is 1.26 bits per heavy atom. The molecule has 0 bridgehead atoms. The third kappa shape index (κ3) is 4.13. The van der Waals surface area contributed by atoms with Crippen LogP contribution in [0.5, 0.6) is 5.75 Å². The van der Waals surface area contributed by atoms with Crippen LogP contribution in [-0.4, -0.2) is 31.1 Å². The molecule has 0 aliphatic carbocycles. The summed E-state index contributed by atoms with van der Waals surface area (Å²) in [6, 6.07) is 8.77. The van der Waals surface area contributed by atoms with Crippen molar-refractivity contribution in [3.8, 4) is 5.75 Å². The van der Waals surface area contributed by atoms with Gasteiger partial charge in [-0.25, -0.2) is 0 Å². The molecule has 1 heterocycles. The van der Waals surface area contributed by atoms with E-state index in [1.54, 1.807) is 37.6 Å². The molecule has 0 aliphatic heterocycles. The van der Waals surface area contributed by atoms with Gasteiger partial charge in [-0.3, -0.25) is 9.78 Å². The summed E-state index contributed by atoms with van der Waals surface area (Å²) in [7, 11) is 1.54. The zero-order valence-corrected chi connectivity index (χ0v) is 14.2. The van der Waals surface area contributed by atoms with E-state index in [1.807, 2.05) is 6.07 Å². The van der Waals surface area contributed by atoms with Crippen molar-refractivity contribution in [2.75, 3.05) is 30.4 Å². The van der Waals surface area contributed by atoms with Gasteiger partial charge in [-0.05, 0) is 44.2 Å². The van der Waals surface area contributed by atoms with Gasteiger partial charge in [0.05, 0.1) is 12.1 Å². The molecule has 0 spiro atoms. The number of halogens is 1. The summed E-state index contributed by atoms with van der Waals surface area (Å²) >= 11 is 6.06. The molecule has 0 fully saturated rings. The molecule has 2 rings (SSSR count). The second-order valence-corrected chi connectivity index (χ2v) is 5.28. The molecule has 6 heteroatoms. The molecule has 1 aromatic carbocycles. The molecular weight excluding hydrogens is 314 g/mol. The highest BCUT2D eigenvalue weighted by atomic mass is 35.5. The van der Waals surface area contributed by atoms with Gasteiger partial charge in [0.2, 0.25) is 0 Å². The summed E-state index contributed by atoms with van der Waals surface area (Å²) in [4.78, 5) is 18.7. The first-order valence-electron chi connectivity index (χ1n) is 7.44. The Morgan fingerprint density at radius 2 is 2.00 bits per heavy atom. The number of pyridine rings is 1. The van der Waals surface area contributed by atoms with Crippen LogP contribution in [0.4, 0.5) is 11.4 Å². The molecule has 0 atom stereocenters. The molecule has 0 radical (unpaired) electrons. The Morgan fingerprint density at radius 3 is 2.61 bits per heavy atom. The summed E-state index contributed by atoms with van der Waals surface area (Å²) in [5.74, 6) is 0.284. The van der Waals surface area contributed by atoms with Crippen molar-refractivity contribution in [2.45, 2.75) is 13.8 Å². The first-order chi connectivity index (χ1) is 11.1. The number of carbonyl (C=O) groups is 1. The van der Waals surface area contributed by atoms with Crippen LogP contribution in [0.1, 0.15) is 24.3 Å². The topological polar surface area (TPSA) is 54.5 Å². The van der Waals surface area contributed by atoms with Crippen LogP contribution >= 0.6 is 11.6 Å². The minimum Gasteiger partial charge on any atom is -0.495 e. The van der Waals surface area contributed by atoms with Crippen LogP contribution in [0, 0.1) is 0 Å². The number of nitrogens with zero attached hydrogens (tertiary/aromatic N) is 2. The van der Waals surface area contributed by atoms with E-state index >= 15 is 0 Å². The summed E-state index contributed by atoms with van der Waals surface area (Å²) in [5.41, 5.74) is 1.93. The number of amides is 1. The molecule has 0 unspecified atom stereocenters. The molecule has 1 amide bonds. The van der Waals surface area contributed by atoms with Crippen molar-refractivity contribution in [3.05, 3.63) is 47.2 Å². The Balaban J connectivity index is 2.17. The fourth-order valence-electron chi connectivity index (χ4n) is 2.27. The standard InChI is InChI=1S/C17H20ClN3O2/c1-4-21(5-2)13-8-9-19-15(11-13)17(22)20-12-6-7-16(23-3)14(18)10-12/h6-11H,4-5H2,1-3H3,(H,20,22). The zero-order valence-electron chi connectivity index (χ0n) is 13.5. The minimum absolute atomic E-state index is 0.278. The van der Waals surface area contributed by atoms with Gasteiger partial charge in [0.25, 0.3) is 5.91 Å². The molecule has 0 aliphatic rings. The lowest BCUT2D eigenvalue weighted by molar-refractivity contribution is 0.102. The Hall–Kier alpha value is -2.27. The summed E-state index contributed by atoms with van der Waals surface area (Å²) in [6.07, 6.45) is 1.64. The van der Waals surface area contributed by atoms with Crippen LogP contribution in [0.15, 0.2) is 36.5 Å². The highest BCUT2D eigenvalue weighted by Crippen LogP contribution is 2.27. The number of methoxy groups -OCH3 is 1. The summed E-state index contributed by atoms with van der Waals surface area (Å²) in [5, 5.41) is 3.23. The second-order valence-electron chi connectivity index (χ2n) is 4.88. The van der Waals surface area contributed by atoms with Crippen LogP contribution in [0.3, 0.4) is 0 Å². The lowest BCUT2D eigenvalue weighted by Gasteiger charge is -2.21. The Kier molecular flexibility index (Phi) is 5.82. The van der Waals surface area contributed by atoms with E-state index in [2.05, 4.69) is 29.0 Å². The molecule has 0 saturated heterocycles. The van der Waals surface area contributed by atoms with E-state index in [0.29, 0.717) is 22.2 Å². The molecule has 0 saturated carbocycles. The van der Waals surface area contributed by atoms with Crippen molar-refractivity contribution in [1.29, 1.82) is 0 Å². The summed E-state index contributed by atoms with van der Waals surface area (Å²) in [6.45, 7) is 5.89. The van der Waals surface area contributed by atoms with Crippen molar-refractivity contribution in [1.82, 2.24) is 4.98 Å². The molecule has 23 heavy (non-hydrogen) atoms. The van der Waals surface area contributed by atoms with Gasteiger partial charge >= 0.3 is 0 Å². The highest BCUT2D eigenvalue weighted by Gasteiger charge is 2.11. The van der Waals surface area contributed by atoms with E-state index in [1.165, 1.54) is 0 Å². The van der Waals surface area contributed by atoms with Crippen LogP contribution in [0.2, 0.25) is 5.02 Å². The van der Waals surface area contributed by atoms with Crippen molar-refractivity contribution >= 4 is 28.9 Å². The monoisotopic (exact) mass is 333 g/mol. The number of anilines is 2. The quantitative estimate of drug-likeness (QED) is 0.872. The van der Waals surface area contributed by atoms with Crippen LogP contribution in [-0.2, 0) is 0 Å². The molecule has 1 aromatic heterocycles. The van der Waals surface area contributed by atoms with Crippen LogP contribution in [0.25, 0.3) is 0 Å². The zero-order chi connectivity index (χ0) is 16.8. The lowest BCUT2D eigenvalue weighted by Crippen LogP contribution is -2.23. The van der Waals surface area contributed by atoms with Gasteiger partial charge in [0.1, 0.15) is 11.4 Å². The van der Waals surface area contributed by atoms with Gasteiger partial charge in [-0.2, -0.15) is 0 Å². The van der Waals surface area contributed by atoms with E-state index in [4.69, 9.17) is 16.3 Å². The van der Waals surface area contributed by atoms with Crippen molar-refractivity contribution < 1.29 is 9.53 Å². The number of hydrogen-bond donors (Lipinski definition) is 1. The Labute approximate surface area is 141 Å². The average molecular weight is 334 g/mol. The fourth-order valence-corrected chi connectivity index (χ4v) is 2.53. The predicted molar refractivity (Wildman–Crippen MR) is 93.8 cm³/mol. The molecule has 1 N–H and O–H groups in total. The molecule has 2 aromatic rings. The Bertz CT molecular complexity index is 687. The molecule has 5 nitrogen and oxygen atoms in total. The molecule has 122 valence electrons. The van der Waals surface area contributed by atoms with E-state index in [9.17, 15) is 4.79 Å². The number of ether oxygens (including phenoxy) is 1. The number of carbonyl (C=O) groups excluding carboxylic acids is 1. The van der Waals surface area contributed by atoms with Gasteiger partial charge in [-0.1, -0.05) is 11.6 Å². The smallest absolute Gasteiger partial charge is 0.274 e. The predicted octanol–water partition coefficient (Wildman–Crippen LogP) is 3.84. The van der Waals surface area contributed by atoms with Gasteiger partial charge in [0.15, 0.2) is 0 Å². The van der Waals surface area contributed by atoms with Crippen molar-refractivity contribution in [3.63, 3.8) is 0 Å². The second kappa shape index (κ2) is 7.83. The maximum Gasteiger partial charge on any atom is 0.274 e. The SMILES string of the molecule is CCN(CC)c1ccnc(C(=O)Nc2ccc(OC)c(Cl)c2)c1. The van der Waals surface area contributed by atoms with Gasteiger partial charge in [-0.15, -0.1) is 0 Å². The lowest BCUT2D eigenvalue weighted by atomic mass is 10.2. The number of hydrogen-bond acceptors (Lipinski definition) is 4. The number of aromatic nitrogens is 1. The van der Waals surface area contributed by atoms with E-state index in [-0.39, 0.29) is 5.91 Å². The van der Waals surface area contributed by atoms with E-state index < -0.39 is 0 Å². The maximum absolute atomic E-state index is 12.4. The first-order valence-corrected chi connectivity index (χ1v) is 7.82. The minimum atomic E-state index is -0.278. The number of rotatable bonds is 6. The average Bonchev–Trinajstić information content (AvgIpc) is 2.56. The maximum atomic E-state index is 12.4. The third-order valence-electron chi connectivity index (χ3n) is 3.51. The van der Waals surface area contributed by atoms with Gasteiger partial charge in [0, 0.05) is 30.7 Å². The highest BCUT2D eigenvalue weighted by molar-refractivity contribution is 6.32. The fraction of sp³-hybridized carbons (Fsp3) is 0.294. The largest absolute Gasteiger partial charge is 0.495 e. The summed E-state index contributed by atoms with van der Waals surface area (Å²) < 4.78 is 5.09. The number of benzene rings is 1. The van der Waals surface area contributed by atoms with E-state index in [0.717, 1.165) is 18.8 Å².